The molecule has 0 fully saturated rings. The van der Waals surface area contributed by atoms with Crippen LogP contribution in [0.3, 0.4) is 0 Å². The zero-order valence-electron chi connectivity index (χ0n) is 17.8. The van der Waals surface area contributed by atoms with Gasteiger partial charge in [-0.1, -0.05) is 37.9 Å². The number of nitrogens with one attached hydrogen (secondary N) is 3. The van der Waals surface area contributed by atoms with Gasteiger partial charge in [-0.3, -0.25) is 14.6 Å². The molecule has 2 aromatic rings. The van der Waals surface area contributed by atoms with Gasteiger partial charge in [0, 0.05) is 0 Å². The number of amides is 1. The number of aromatic nitrogens is 3. The van der Waals surface area contributed by atoms with Crippen molar-refractivity contribution >= 4 is 23.9 Å². The minimum Gasteiger partial charge on any atom is -0.493 e. The summed E-state index contributed by atoms with van der Waals surface area (Å²) in [7, 11) is 1.56. The maximum Gasteiger partial charge on any atom is 0.342 e. The van der Waals surface area contributed by atoms with Gasteiger partial charge < -0.3 is 9.47 Å². The van der Waals surface area contributed by atoms with E-state index in [2.05, 4.69) is 32.6 Å². The highest BCUT2D eigenvalue weighted by Crippen LogP contribution is 2.27. The van der Waals surface area contributed by atoms with Crippen molar-refractivity contribution in [1.29, 1.82) is 0 Å². The van der Waals surface area contributed by atoms with E-state index in [-0.39, 0.29) is 5.03 Å². The molecule has 2 rings (SSSR count). The lowest BCUT2D eigenvalue weighted by atomic mass is 10.2. The molecule has 1 unspecified atom stereocenters. The fraction of sp³-hybridized carbons (Fsp3) is 0.450. The number of rotatable bonds is 12. The molecule has 1 atom stereocenters. The third kappa shape index (κ3) is 7.93. The Hall–Kier alpha value is -3.08. The number of nitrogens with zero attached hydrogens (tertiary/aromatic N) is 2. The van der Waals surface area contributed by atoms with Gasteiger partial charge in [0.1, 0.15) is 0 Å². The van der Waals surface area contributed by atoms with E-state index in [4.69, 9.17) is 9.47 Å². The molecule has 1 aromatic carbocycles. The van der Waals surface area contributed by atoms with Gasteiger partial charge in [0.15, 0.2) is 16.5 Å². The number of aromatic amines is 2. The van der Waals surface area contributed by atoms with Crippen molar-refractivity contribution in [3.8, 4) is 11.5 Å². The highest BCUT2D eigenvalue weighted by Gasteiger charge is 2.17. The second kappa shape index (κ2) is 12.6. The van der Waals surface area contributed by atoms with E-state index in [9.17, 15) is 14.4 Å². The highest BCUT2D eigenvalue weighted by atomic mass is 32.2. The summed E-state index contributed by atoms with van der Waals surface area (Å²) in [6.45, 7) is 4.39. The first kappa shape index (κ1) is 24.2. The predicted molar refractivity (Wildman–Crippen MR) is 119 cm³/mol. The third-order valence-corrected chi connectivity index (χ3v) is 5.24. The Bertz CT molecular complexity index is 1000. The number of ether oxygens (including phenoxy) is 2. The van der Waals surface area contributed by atoms with E-state index in [1.54, 1.807) is 26.2 Å². The molecule has 0 saturated carbocycles. The molecule has 11 heteroatoms. The maximum atomic E-state index is 12.2. The number of carbonyl (C=O) groups excluding carboxylic acids is 1. The molecule has 0 aliphatic carbocycles. The standard InChI is InChI=1S/C20H27N5O5S/c1-4-5-6-7-10-30-15-9-8-14(11-16(15)29-3)12-21-23-17(26)13(2)31-19-18(27)22-20(28)25-24-19/h8-9,11-13H,4-7,10H2,1-3H3,(H,23,26)(H2,22,25,27,28)/b21-12+. The van der Waals surface area contributed by atoms with Crippen LogP contribution in [0.15, 0.2) is 37.9 Å². The largest absolute Gasteiger partial charge is 0.493 e. The van der Waals surface area contributed by atoms with Gasteiger partial charge in [0.05, 0.1) is 25.2 Å². The second-order valence-corrected chi connectivity index (χ2v) is 7.96. The molecule has 0 aliphatic heterocycles. The molecule has 168 valence electrons. The van der Waals surface area contributed by atoms with E-state index in [0.29, 0.717) is 18.1 Å². The summed E-state index contributed by atoms with van der Waals surface area (Å²) in [4.78, 5) is 36.9. The van der Waals surface area contributed by atoms with Crippen molar-refractivity contribution in [2.24, 2.45) is 5.10 Å². The molecule has 0 saturated heterocycles. The average Bonchev–Trinajstić information content (AvgIpc) is 2.76. The molecule has 31 heavy (non-hydrogen) atoms. The number of benzene rings is 1. The fourth-order valence-corrected chi connectivity index (χ4v) is 3.24. The van der Waals surface area contributed by atoms with E-state index in [1.165, 1.54) is 19.1 Å². The van der Waals surface area contributed by atoms with Crippen LogP contribution in [0, 0.1) is 0 Å². The van der Waals surface area contributed by atoms with Gasteiger partial charge >= 0.3 is 5.69 Å². The van der Waals surface area contributed by atoms with Gasteiger partial charge in [-0.2, -0.15) is 10.2 Å². The summed E-state index contributed by atoms with van der Waals surface area (Å²) >= 11 is 0.906. The van der Waals surface area contributed by atoms with E-state index in [0.717, 1.165) is 30.2 Å². The van der Waals surface area contributed by atoms with E-state index in [1.807, 2.05) is 6.07 Å². The molecule has 0 radical (unpaired) electrons. The average molecular weight is 450 g/mol. The summed E-state index contributed by atoms with van der Waals surface area (Å²) in [5.41, 5.74) is 1.77. The quantitative estimate of drug-likeness (QED) is 0.195. The van der Waals surface area contributed by atoms with Gasteiger partial charge in [-0.15, -0.1) is 0 Å². The van der Waals surface area contributed by atoms with Crippen LogP contribution in [0.4, 0.5) is 0 Å². The number of carbonyl (C=O) groups is 1. The minimum absolute atomic E-state index is 0.0127. The number of H-pyrrole nitrogens is 2. The van der Waals surface area contributed by atoms with E-state index < -0.39 is 22.4 Å². The first-order valence-corrected chi connectivity index (χ1v) is 10.8. The summed E-state index contributed by atoms with van der Waals surface area (Å²) in [6.07, 6.45) is 5.97. The monoisotopic (exact) mass is 449 g/mol. The van der Waals surface area contributed by atoms with Crippen molar-refractivity contribution in [2.75, 3.05) is 13.7 Å². The molecular weight excluding hydrogens is 422 g/mol. The number of hydrogen-bond donors (Lipinski definition) is 3. The van der Waals surface area contributed by atoms with Crippen LogP contribution < -0.4 is 26.1 Å². The fourth-order valence-electron chi connectivity index (χ4n) is 2.49. The Kier molecular flexibility index (Phi) is 9.82. The predicted octanol–water partition coefficient (Wildman–Crippen LogP) is 2.06. The van der Waals surface area contributed by atoms with E-state index >= 15 is 0 Å². The van der Waals surface area contributed by atoms with Crippen molar-refractivity contribution in [1.82, 2.24) is 20.6 Å². The summed E-state index contributed by atoms with van der Waals surface area (Å²) in [6, 6.07) is 5.37. The molecule has 1 heterocycles. The molecular formula is C20H27N5O5S. The summed E-state index contributed by atoms with van der Waals surface area (Å²) in [5, 5.41) is 9.02. The molecule has 1 aromatic heterocycles. The first-order chi connectivity index (χ1) is 14.9. The Labute approximate surface area is 183 Å². The summed E-state index contributed by atoms with van der Waals surface area (Å²) < 4.78 is 11.2. The minimum atomic E-state index is -0.709. The number of methoxy groups -OCH3 is 1. The first-order valence-electron chi connectivity index (χ1n) is 9.94. The Balaban J connectivity index is 1.89. The highest BCUT2D eigenvalue weighted by molar-refractivity contribution is 8.00. The molecule has 0 bridgehead atoms. The van der Waals surface area contributed by atoms with Crippen molar-refractivity contribution in [2.45, 2.75) is 49.8 Å². The Morgan fingerprint density at radius 1 is 1.29 bits per heavy atom. The molecule has 1 amide bonds. The van der Waals surface area contributed by atoms with Crippen molar-refractivity contribution in [3.05, 3.63) is 44.6 Å². The maximum absolute atomic E-state index is 12.2. The second-order valence-electron chi connectivity index (χ2n) is 6.63. The van der Waals surface area contributed by atoms with Crippen molar-refractivity contribution < 1.29 is 14.3 Å². The smallest absolute Gasteiger partial charge is 0.342 e. The van der Waals surface area contributed by atoms with Crippen LogP contribution in [-0.2, 0) is 4.79 Å². The Morgan fingerprint density at radius 3 is 2.81 bits per heavy atom. The van der Waals surface area contributed by atoms with Crippen LogP contribution in [0.25, 0.3) is 0 Å². The van der Waals surface area contributed by atoms with Gasteiger partial charge in [-0.25, -0.2) is 15.3 Å². The molecule has 10 nitrogen and oxygen atoms in total. The van der Waals surface area contributed by atoms with Crippen LogP contribution in [-0.4, -0.2) is 46.3 Å². The number of hydrazone groups is 1. The zero-order chi connectivity index (χ0) is 22.6. The van der Waals surface area contributed by atoms with Crippen LogP contribution in [0.2, 0.25) is 0 Å². The normalized spacial score (nSPS) is 12.0. The lowest BCUT2D eigenvalue weighted by Crippen LogP contribution is -2.30. The van der Waals surface area contributed by atoms with Crippen LogP contribution >= 0.6 is 11.8 Å². The summed E-state index contributed by atoms with van der Waals surface area (Å²) in [5.74, 6) is 0.814. The van der Waals surface area contributed by atoms with Crippen LogP contribution in [0.5, 0.6) is 11.5 Å². The number of hydrogen-bond acceptors (Lipinski definition) is 8. The molecule has 3 N–H and O–H groups in total. The lowest BCUT2D eigenvalue weighted by molar-refractivity contribution is -0.120. The Morgan fingerprint density at radius 2 is 2.10 bits per heavy atom. The van der Waals surface area contributed by atoms with Crippen LogP contribution in [0.1, 0.15) is 45.1 Å². The molecule has 0 spiro atoms. The van der Waals surface area contributed by atoms with Crippen molar-refractivity contribution in [3.63, 3.8) is 0 Å². The number of unbranched alkanes of at least 4 members (excludes halogenated alkanes) is 3. The number of thioether (sulfide) groups is 1. The zero-order valence-corrected chi connectivity index (χ0v) is 18.6. The lowest BCUT2D eigenvalue weighted by Gasteiger charge is -2.11. The topological polar surface area (TPSA) is 139 Å². The van der Waals surface area contributed by atoms with Gasteiger partial charge in [0.25, 0.3) is 11.5 Å². The SMILES string of the molecule is CCCCCCOc1ccc(/C=N/NC(=O)C(C)Sc2n[nH]c(=O)[nH]c2=O)cc1OC. The van der Waals surface area contributed by atoms with Gasteiger partial charge in [-0.05, 0) is 37.1 Å². The molecule has 0 aliphatic rings. The third-order valence-electron chi connectivity index (χ3n) is 4.17. The van der Waals surface area contributed by atoms with Gasteiger partial charge in [0.2, 0.25) is 0 Å².